The fourth-order valence-electron chi connectivity index (χ4n) is 5.56. The van der Waals surface area contributed by atoms with E-state index in [9.17, 15) is 4.79 Å². The van der Waals surface area contributed by atoms with Crippen LogP contribution in [-0.4, -0.2) is 13.0 Å². The van der Waals surface area contributed by atoms with Crippen LogP contribution in [0.5, 0.6) is 5.75 Å². The summed E-state index contributed by atoms with van der Waals surface area (Å²) in [4.78, 5) is 13.1. The Bertz CT molecular complexity index is 572. The summed E-state index contributed by atoms with van der Waals surface area (Å²) in [5, 5.41) is 3.20. The number of rotatable bonds is 3. The van der Waals surface area contributed by atoms with E-state index in [-0.39, 0.29) is 11.3 Å². The molecule has 0 heterocycles. The standard InChI is InChI=1S/C19H25NO2/c1-12-3-4-17(22-2)16(5-12)20-18(21)19-9-13-6-14(10-19)8-15(7-13)11-19/h3-5,13-15H,6-11H2,1-2H3,(H,20,21). The lowest BCUT2D eigenvalue weighted by atomic mass is 9.49. The van der Waals surface area contributed by atoms with Crippen LogP contribution in [0.3, 0.4) is 0 Å². The molecule has 4 aliphatic carbocycles. The Balaban J connectivity index is 1.59. The van der Waals surface area contributed by atoms with Gasteiger partial charge in [-0.25, -0.2) is 0 Å². The molecule has 22 heavy (non-hydrogen) atoms. The first-order chi connectivity index (χ1) is 10.6. The second kappa shape index (κ2) is 5.00. The second-order valence-electron chi connectivity index (χ2n) is 7.86. The third-order valence-corrected chi connectivity index (χ3v) is 6.12. The Morgan fingerprint density at radius 2 is 1.73 bits per heavy atom. The quantitative estimate of drug-likeness (QED) is 0.910. The zero-order chi connectivity index (χ0) is 15.3. The van der Waals surface area contributed by atoms with Crippen molar-refractivity contribution >= 4 is 11.6 Å². The van der Waals surface area contributed by atoms with Gasteiger partial charge in [-0.05, 0) is 80.9 Å². The maximum Gasteiger partial charge on any atom is 0.230 e. The van der Waals surface area contributed by atoms with E-state index in [1.165, 1.54) is 19.3 Å². The van der Waals surface area contributed by atoms with Crippen LogP contribution in [0.4, 0.5) is 5.69 Å². The van der Waals surface area contributed by atoms with Gasteiger partial charge in [0, 0.05) is 0 Å². The normalized spacial score (nSPS) is 35.5. The number of anilines is 1. The molecule has 118 valence electrons. The van der Waals surface area contributed by atoms with Crippen molar-refractivity contribution in [1.82, 2.24) is 0 Å². The minimum atomic E-state index is -0.108. The molecular formula is C19H25NO2. The molecule has 4 saturated carbocycles. The van der Waals surface area contributed by atoms with Crippen LogP contribution >= 0.6 is 0 Å². The summed E-state index contributed by atoms with van der Waals surface area (Å²) in [5.41, 5.74) is 1.86. The first-order valence-corrected chi connectivity index (χ1v) is 8.54. The van der Waals surface area contributed by atoms with Crippen molar-refractivity contribution in [2.24, 2.45) is 23.2 Å². The summed E-state index contributed by atoms with van der Waals surface area (Å²) in [6, 6.07) is 5.96. The van der Waals surface area contributed by atoms with Crippen molar-refractivity contribution in [1.29, 1.82) is 0 Å². The van der Waals surface area contributed by atoms with Gasteiger partial charge in [0.2, 0.25) is 5.91 Å². The van der Waals surface area contributed by atoms with Gasteiger partial charge < -0.3 is 10.1 Å². The Hall–Kier alpha value is -1.51. The third-order valence-electron chi connectivity index (χ3n) is 6.12. The van der Waals surface area contributed by atoms with Crippen LogP contribution in [0.2, 0.25) is 0 Å². The molecule has 0 unspecified atom stereocenters. The average molecular weight is 299 g/mol. The van der Waals surface area contributed by atoms with E-state index in [4.69, 9.17) is 4.74 Å². The highest BCUT2D eigenvalue weighted by molar-refractivity contribution is 5.97. The van der Waals surface area contributed by atoms with E-state index < -0.39 is 0 Å². The van der Waals surface area contributed by atoms with Gasteiger partial charge in [0.25, 0.3) is 0 Å². The molecule has 0 saturated heterocycles. The molecule has 5 rings (SSSR count). The number of nitrogens with one attached hydrogen (secondary N) is 1. The van der Waals surface area contributed by atoms with E-state index in [2.05, 4.69) is 5.32 Å². The number of carbonyl (C=O) groups excluding carboxylic acids is 1. The van der Waals surface area contributed by atoms with Crippen molar-refractivity contribution in [2.45, 2.75) is 45.4 Å². The summed E-state index contributed by atoms with van der Waals surface area (Å²) in [6.07, 6.45) is 7.37. The van der Waals surface area contributed by atoms with Crippen molar-refractivity contribution in [3.63, 3.8) is 0 Å². The number of hydrogen-bond donors (Lipinski definition) is 1. The van der Waals surface area contributed by atoms with Gasteiger partial charge in [-0.15, -0.1) is 0 Å². The molecule has 0 spiro atoms. The molecule has 4 bridgehead atoms. The number of hydrogen-bond acceptors (Lipinski definition) is 2. The highest BCUT2D eigenvalue weighted by Gasteiger charge is 2.54. The van der Waals surface area contributed by atoms with Gasteiger partial charge >= 0.3 is 0 Å². The van der Waals surface area contributed by atoms with E-state index >= 15 is 0 Å². The van der Waals surface area contributed by atoms with Crippen molar-refractivity contribution in [3.05, 3.63) is 23.8 Å². The van der Waals surface area contributed by atoms with Gasteiger partial charge in [0.05, 0.1) is 18.2 Å². The second-order valence-corrected chi connectivity index (χ2v) is 7.86. The molecule has 0 aliphatic heterocycles. The Labute approximate surface area is 132 Å². The Morgan fingerprint density at radius 1 is 1.14 bits per heavy atom. The highest BCUT2D eigenvalue weighted by Crippen LogP contribution is 2.60. The molecule has 4 aliphatic rings. The first-order valence-electron chi connectivity index (χ1n) is 8.54. The van der Waals surface area contributed by atoms with Crippen LogP contribution < -0.4 is 10.1 Å². The number of carbonyl (C=O) groups is 1. The lowest BCUT2D eigenvalue weighted by molar-refractivity contribution is -0.140. The molecule has 4 fully saturated rings. The minimum absolute atomic E-state index is 0.108. The summed E-state index contributed by atoms with van der Waals surface area (Å²) in [6.45, 7) is 2.04. The molecule has 0 radical (unpaired) electrons. The van der Waals surface area contributed by atoms with Crippen molar-refractivity contribution in [2.75, 3.05) is 12.4 Å². The summed E-state index contributed by atoms with van der Waals surface area (Å²) in [7, 11) is 1.66. The molecule has 1 aromatic carbocycles. The van der Waals surface area contributed by atoms with Gasteiger partial charge in [-0.3, -0.25) is 4.79 Å². The molecule has 1 N–H and O–H groups in total. The van der Waals surface area contributed by atoms with Crippen LogP contribution in [0.25, 0.3) is 0 Å². The van der Waals surface area contributed by atoms with Crippen LogP contribution in [0, 0.1) is 30.1 Å². The van der Waals surface area contributed by atoms with Crippen LogP contribution in [0.1, 0.15) is 44.1 Å². The summed E-state index contributed by atoms with van der Waals surface area (Å²) in [5.74, 6) is 3.35. The predicted molar refractivity (Wildman–Crippen MR) is 87.0 cm³/mol. The first kappa shape index (κ1) is 14.1. The van der Waals surface area contributed by atoms with Crippen molar-refractivity contribution < 1.29 is 9.53 Å². The number of benzene rings is 1. The maximum absolute atomic E-state index is 13.1. The Morgan fingerprint density at radius 3 is 2.27 bits per heavy atom. The molecular weight excluding hydrogens is 274 g/mol. The molecule has 3 heteroatoms. The smallest absolute Gasteiger partial charge is 0.230 e. The number of ether oxygens (including phenoxy) is 1. The lowest BCUT2D eigenvalue weighted by Gasteiger charge is -2.55. The molecule has 0 atom stereocenters. The van der Waals surface area contributed by atoms with Crippen LogP contribution in [-0.2, 0) is 4.79 Å². The molecule has 0 aromatic heterocycles. The van der Waals surface area contributed by atoms with E-state index in [0.717, 1.165) is 54.0 Å². The largest absolute Gasteiger partial charge is 0.495 e. The number of amides is 1. The monoisotopic (exact) mass is 299 g/mol. The summed E-state index contributed by atoms with van der Waals surface area (Å²) < 4.78 is 5.41. The minimum Gasteiger partial charge on any atom is -0.495 e. The maximum atomic E-state index is 13.1. The van der Waals surface area contributed by atoms with Crippen molar-refractivity contribution in [3.8, 4) is 5.75 Å². The molecule has 3 nitrogen and oxygen atoms in total. The zero-order valence-corrected chi connectivity index (χ0v) is 13.5. The fourth-order valence-corrected chi connectivity index (χ4v) is 5.56. The SMILES string of the molecule is COc1ccc(C)cc1NC(=O)C12CC3CC(CC(C3)C1)C2. The number of methoxy groups -OCH3 is 1. The Kier molecular flexibility index (Phi) is 3.21. The fraction of sp³-hybridized carbons (Fsp3) is 0.632. The van der Waals surface area contributed by atoms with E-state index in [1.54, 1.807) is 7.11 Å². The van der Waals surface area contributed by atoms with Gasteiger partial charge in [-0.2, -0.15) is 0 Å². The zero-order valence-electron chi connectivity index (χ0n) is 13.5. The summed E-state index contributed by atoms with van der Waals surface area (Å²) >= 11 is 0. The average Bonchev–Trinajstić information content (AvgIpc) is 2.46. The van der Waals surface area contributed by atoms with Gasteiger partial charge in [0.15, 0.2) is 0 Å². The third kappa shape index (κ3) is 2.22. The van der Waals surface area contributed by atoms with Gasteiger partial charge in [-0.1, -0.05) is 6.07 Å². The van der Waals surface area contributed by atoms with E-state index in [0.29, 0.717) is 0 Å². The molecule has 1 amide bonds. The van der Waals surface area contributed by atoms with E-state index in [1.807, 2.05) is 25.1 Å². The predicted octanol–water partition coefficient (Wildman–Crippen LogP) is 4.16. The van der Waals surface area contributed by atoms with Gasteiger partial charge in [0.1, 0.15) is 5.75 Å². The molecule has 1 aromatic rings. The van der Waals surface area contributed by atoms with Crippen LogP contribution in [0.15, 0.2) is 18.2 Å². The lowest BCUT2D eigenvalue weighted by Crippen LogP contribution is -2.51. The highest BCUT2D eigenvalue weighted by atomic mass is 16.5. The topological polar surface area (TPSA) is 38.3 Å². The number of aryl methyl sites for hydroxylation is 1.